The van der Waals surface area contributed by atoms with Crippen LogP contribution in [-0.4, -0.2) is 0 Å². The number of halogens is 10. The molecule has 0 N–H and O–H groups in total. The van der Waals surface area contributed by atoms with E-state index in [1.165, 1.54) is 24.3 Å². The molecular weight excluding hydrogens is 496 g/mol. The molecule has 0 amide bonds. The van der Waals surface area contributed by atoms with Gasteiger partial charge in [0.15, 0.2) is 0 Å². The van der Waals surface area contributed by atoms with Crippen LogP contribution in [0.1, 0.15) is 11.1 Å². The Hall–Kier alpha value is 0.869. The largest absolute Gasteiger partial charge is 4.00 e. The second kappa shape index (κ2) is 17.3. The summed E-state index contributed by atoms with van der Waals surface area (Å²) in [5.74, 6) is 0. The van der Waals surface area contributed by atoms with Crippen LogP contribution in [0.5, 0.6) is 0 Å². The fourth-order valence-corrected chi connectivity index (χ4v) is 1.13. The molecule has 0 aliphatic rings. The van der Waals surface area contributed by atoms with E-state index >= 15 is 0 Å². The molecule has 0 atom stereocenters. The summed E-state index contributed by atoms with van der Waals surface area (Å²) in [6.45, 7) is 0. The smallest absolute Gasteiger partial charge is 1.00 e. The molecule has 0 saturated heterocycles. The summed E-state index contributed by atoms with van der Waals surface area (Å²) in [7, 11) is 0. The minimum Gasteiger partial charge on any atom is -1.00 e. The molecule has 24 heavy (non-hydrogen) atoms. The fourth-order valence-electron chi connectivity index (χ4n) is 1.13. The molecule has 2 aromatic rings. The molecule has 0 saturated carbocycles. The van der Waals surface area contributed by atoms with Crippen LogP contribution in [0, 0.1) is 0 Å². The third-order valence-electron chi connectivity index (χ3n) is 1.98. The molecule has 0 unspecified atom stereocenters. The molecule has 0 radical (unpaired) electrons. The maximum atomic E-state index is 11.6. The number of rotatable bonds is 0. The van der Waals surface area contributed by atoms with E-state index in [9.17, 15) is 26.3 Å². The Morgan fingerprint density at radius 3 is 0.708 bits per heavy atom. The van der Waals surface area contributed by atoms with E-state index in [1.807, 2.05) is 0 Å². The van der Waals surface area contributed by atoms with Gasteiger partial charge < -0.3 is 49.6 Å². The number of hydrogen-bond acceptors (Lipinski definition) is 0. The van der Waals surface area contributed by atoms with Gasteiger partial charge in [-0.05, 0) is 0 Å². The van der Waals surface area contributed by atoms with Gasteiger partial charge >= 0.3 is 55.8 Å². The maximum absolute atomic E-state index is 11.6. The van der Waals surface area contributed by atoms with Crippen molar-refractivity contribution < 1.29 is 119 Å². The predicted octanol–water partition coefficient (Wildman–Crippen LogP) is -7.14. The first kappa shape index (κ1) is 39.8. The molecular formula is C12H8Cl4F6Ti2+2. The van der Waals surface area contributed by atoms with E-state index in [4.69, 9.17) is 0 Å². The topological polar surface area (TPSA) is 0 Å². The van der Waals surface area contributed by atoms with Gasteiger partial charge in [0.1, 0.15) is 0 Å². The van der Waals surface area contributed by atoms with Crippen molar-refractivity contribution in [3.63, 3.8) is 0 Å². The van der Waals surface area contributed by atoms with Crippen LogP contribution in [0.4, 0.5) is 26.3 Å². The van der Waals surface area contributed by atoms with Gasteiger partial charge in [-0.2, -0.15) is 50.6 Å². The Morgan fingerprint density at radius 2 is 0.625 bits per heavy atom. The van der Waals surface area contributed by atoms with E-state index in [0.29, 0.717) is 0 Å². The Morgan fingerprint density at radius 1 is 0.458 bits per heavy atom. The monoisotopic (exact) mass is 502 g/mol. The Labute approximate surface area is 190 Å². The van der Waals surface area contributed by atoms with Crippen LogP contribution in [0.25, 0.3) is 0 Å². The Kier molecular flexibility index (Phi) is 28.7. The molecule has 0 heterocycles. The molecule has 0 aliphatic heterocycles. The van der Waals surface area contributed by atoms with Crippen molar-refractivity contribution in [3.8, 4) is 0 Å². The molecule has 12 heteroatoms. The minimum atomic E-state index is -4.18. The molecule has 0 aliphatic carbocycles. The maximum Gasteiger partial charge on any atom is 4.00 e. The fraction of sp³-hybridized carbons (Fsp3) is 0.167. The third kappa shape index (κ3) is 15.1. The molecule has 0 nitrogen and oxygen atoms in total. The molecule has 0 bridgehead atoms. The SMILES string of the molecule is FC(F)(F)[c-]1cccc1.FC(F)(F)[c-]1cccc1.[Cl-].[Cl-].[Cl-].[Cl-].[Ti+4].[Ti+4]. The van der Waals surface area contributed by atoms with Crippen LogP contribution >= 0.6 is 0 Å². The van der Waals surface area contributed by atoms with Crippen molar-refractivity contribution in [1.29, 1.82) is 0 Å². The molecule has 2 rings (SSSR count). The van der Waals surface area contributed by atoms with Gasteiger partial charge in [-0.25, -0.2) is 24.3 Å². The van der Waals surface area contributed by atoms with Crippen molar-refractivity contribution in [2.24, 2.45) is 0 Å². The van der Waals surface area contributed by atoms with Gasteiger partial charge in [0.25, 0.3) is 0 Å². The van der Waals surface area contributed by atoms with Gasteiger partial charge in [0, 0.05) is 0 Å². The minimum absolute atomic E-state index is 0. The molecule has 2 aromatic carbocycles. The predicted molar refractivity (Wildman–Crippen MR) is 54.1 cm³/mol. The van der Waals surface area contributed by atoms with Crippen molar-refractivity contribution in [1.82, 2.24) is 0 Å². The number of alkyl halides is 6. The molecule has 0 fully saturated rings. The van der Waals surface area contributed by atoms with Gasteiger partial charge in [-0.15, -0.1) is 0 Å². The summed E-state index contributed by atoms with van der Waals surface area (Å²) in [6.07, 6.45) is -8.35. The van der Waals surface area contributed by atoms with Crippen LogP contribution < -0.4 is 49.6 Å². The normalized spacial score (nSPS) is 8.92. The summed E-state index contributed by atoms with van der Waals surface area (Å²) < 4.78 is 69.7. The number of hydrogen-bond donors (Lipinski definition) is 0. The summed E-state index contributed by atoms with van der Waals surface area (Å²) in [6, 6.07) is 9.62. The van der Waals surface area contributed by atoms with Crippen LogP contribution in [-0.2, 0) is 55.8 Å². The first-order chi connectivity index (χ1) is 8.21. The third-order valence-corrected chi connectivity index (χ3v) is 1.98. The van der Waals surface area contributed by atoms with Crippen LogP contribution in [0.2, 0.25) is 0 Å². The van der Waals surface area contributed by atoms with E-state index in [0.717, 1.165) is 24.3 Å². The standard InChI is InChI=1S/2C6H4F3.4ClH.2Ti/c2*7-6(8,9)5-3-1-2-4-5;;;;;;/h2*1-4H;4*1H;;/q2*-1;;;;;2*+4/p-4. The van der Waals surface area contributed by atoms with E-state index in [-0.39, 0.29) is 93.1 Å². The summed E-state index contributed by atoms with van der Waals surface area (Å²) in [5, 5.41) is 0. The molecule has 0 spiro atoms. The van der Waals surface area contributed by atoms with Gasteiger partial charge in [0.2, 0.25) is 0 Å². The molecule has 132 valence electrons. The van der Waals surface area contributed by atoms with Crippen molar-refractivity contribution in [2.75, 3.05) is 0 Å². The quantitative estimate of drug-likeness (QED) is 0.191. The van der Waals surface area contributed by atoms with Crippen molar-refractivity contribution in [3.05, 3.63) is 59.7 Å². The average molecular weight is 504 g/mol. The Bertz CT molecular complexity index is 411. The van der Waals surface area contributed by atoms with Crippen molar-refractivity contribution >= 4 is 0 Å². The zero-order chi connectivity index (χ0) is 13.8. The first-order valence-electron chi connectivity index (χ1n) is 4.79. The van der Waals surface area contributed by atoms with E-state index in [1.54, 1.807) is 0 Å². The molecule has 0 aromatic heterocycles. The van der Waals surface area contributed by atoms with Crippen LogP contribution in [0.3, 0.4) is 0 Å². The van der Waals surface area contributed by atoms with E-state index < -0.39 is 23.5 Å². The zero-order valence-electron chi connectivity index (χ0n) is 11.4. The average Bonchev–Trinajstić information content (AvgIpc) is 2.91. The summed E-state index contributed by atoms with van der Waals surface area (Å²) >= 11 is 0. The first-order valence-corrected chi connectivity index (χ1v) is 4.79. The van der Waals surface area contributed by atoms with Crippen LogP contribution in [0.15, 0.2) is 48.5 Å². The van der Waals surface area contributed by atoms with E-state index in [2.05, 4.69) is 0 Å². The Balaban J connectivity index is -0.0000000540. The van der Waals surface area contributed by atoms with Gasteiger partial charge in [-0.3, -0.25) is 0 Å². The van der Waals surface area contributed by atoms with Crippen molar-refractivity contribution in [2.45, 2.75) is 12.4 Å². The van der Waals surface area contributed by atoms with Gasteiger partial charge in [-0.1, -0.05) is 11.1 Å². The zero-order valence-corrected chi connectivity index (χ0v) is 17.5. The summed E-state index contributed by atoms with van der Waals surface area (Å²) in [5.41, 5.74) is -1.16. The van der Waals surface area contributed by atoms with Gasteiger partial charge in [0.05, 0.1) is 0 Å². The second-order valence-corrected chi connectivity index (χ2v) is 3.34. The summed E-state index contributed by atoms with van der Waals surface area (Å²) in [4.78, 5) is 0. The second-order valence-electron chi connectivity index (χ2n) is 3.34.